The van der Waals surface area contributed by atoms with E-state index >= 15 is 0 Å². The fourth-order valence-electron chi connectivity index (χ4n) is 4.17. The van der Waals surface area contributed by atoms with Crippen molar-refractivity contribution in [2.45, 2.75) is 62.7 Å². The van der Waals surface area contributed by atoms with E-state index in [0.717, 1.165) is 35.3 Å². The molecule has 10 heteroatoms. The van der Waals surface area contributed by atoms with Crippen molar-refractivity contribution >= 4 is 33.4 Å². The minimum Gasteiger partial charge on any atom is -0.497 e. The zero-order valence-corrected chi connectivity index (χ0v) is 24.2. The predicted molar refractivity (Wildman–Crippen MR) is 154 cm³/mol. The molecule has 1 aliphatic rings. The second-order valence-corrected chi connectivity index (χ2v) is 12.1. The molecule has 0 unspecified atom stereocenters. The van der Waals surface area contributed by atoms with E-state index < -0.39 is 16.1 Å². The lowest BCUT2D eigenvalue weighted by molar-refractivity contribution is -0.140. The van der Waals surface area contributed by atoms with Crippen LogP contribution in [0.3, 0.4) is 0 Å². The number of hydrogen-bond donors (Lipinski definition) is 2. The Morgan fingerprint density at radius 2 is 1.55 bits per heavy atom. The van der Waals surface area contributed by atoms with Crippen molar-refractivity contribution in [1.82, 2.24) is 14.9 Å². The number of carbonyl (C=O) groups is 2. The van der Waals surface area contributed by atoms with E-state index in [-0.39, 0.29) is 35.7 Å². The molecular formula is C30H34ClN3O5S. The minimum atomic E-state index is -3.53. The van der Waals surface area contributed by atoms with Gasteiger partial charge in [-0.05, 0) is 79.3 Å². The molecule has 8 nitrogen and oxygen atoms in total. The lowest BCUT2D eigenvalue weighted by Crippen LogP contribution is -2.47. The number of benzene rings is 3. The van der Waals surface area contributed by atoms with Gasteiger partial charge in [0.2, 0.25) is 21.8 Å². The zero-order valence-electron chi connectivity index (χ0n) is 22.6. The summed E-state index contributed by atoms with van der Waals surface area (Å²) in [6.07, 6.45) is 2.30. The molecule has 4 rings (SSSR count). The summed E-state index contributed by atoms with van der Waals surface area (Å²) in [5.41, 5.74) is 2.60. The maximum absolute atomic E-state index is 13.4. The highest BCUT2D eigenvalue weighted by Gasteiger charge is 2.28. The van der Waals surface area contributed by atoms with Gasteiger partial charge in [0.25, 0.3) is 0 Å². The first kappa shape index (κ1) is 29.6. The molecule has 0 heterocycles. The first-order valence-electron chi connectivity index (χ1n) is 13.2. The van der Waals surface area contributed by atoms with Gasteiger partial charge in [0.05, 0.1) is 12.0 Å². The lowest BCUT2D eigenvalue weighted by Gasteiger charge is -2.29. The molecular weight excluding hydrogens is 550 g/mol. The van der Waals surface area contributed by atoms with E-state index in [0.29, 0.717) is 18.0 Å². The van der Waals surface area contributed by atoms with Gasteiger partial charge in [0, 0.05) is 30.6 Å². The Morgan fingerprint density at radius 1 is 0.950 bits per heavy atom. The van der Waals surface area contributed by atoms with Crippen molar-refractivity contribution in [1.29, 1.82) is 0 Å². The van der Waals surface area contributed by atoms with E-state index in [2.05, 4.69) is 10.0 Å². The highest BCUT2D eigenvalue weighted by Crippen LogP contribution is 2.23. The molecule has 212 valence electrons. The number of amides is 2. The molecule has 3 aromatic rings. The number of aryl methyl sites for hydroxylation is 1. The fraction of sp³-hybridized carbons (Fsp3) is 0.333. The number of halogens is 1. The molecule has 0 saturated heterocycles. The second-order valence-electron chi connectivity index (χ2n) is 9.93. The van der Waals surface area contributed by atoms with Crippen molar-refractivity contribution in [3.8, 4) is 5.75 Å². The Morgan fingerprint density at radius 3 is 2.15 bits per heavy atom. The average Bonchev–Trinajstić information content (AvgIpc) is 3.77. The Kier molecular flexibility index (Phi) is 9.84. The Bertz CT molecular complexity index is 1410. The molecule has 0 bridgehead atoms. The van der Waals surface area contributed by atoms with Crippen LogP contribution in [-0.2, 0) is 39.1 Å². The highest BCUT2D eigenvalue weighted by atomic mass is 35.5. The van der Waals surface area contributed by atoms with Crippen LogP contribution < -0.4 is 14.8 Å². The van der Waals surface area contributed by atoms with Gasteiger partial charge in [-0.3, -0.25) is 9.59 Å². The van der Waals surface area contributed by atoms with Gasteiger partial charge in [0.15, 0.2) is 0 Å². The summed E-state index contributed by atoms with van der Waals surface area (Å²) in [6, 6.07) is 20.5. The molecule has 2 amide bonds. The van der Waals surface area contributed by atoms with Crippen LogP contribution in [0.25, 0.3) is 0 Å². The SMILES string of the molecule is COc1ccc(CNC(=O)[C@@H](C)N(Cc2ccc(Cl)cc2)C(=O)CCc2ccc(S(=O)(=O)NC3CC3)cc2)cc1. The number of sulfonamides is 1. The van der Waals surface area contributed by atoms with Crippen LogP contribution in [0.15, 0.2) is 77.7 Å². The summed E-state index contributed by atoms with van der Waals surface area (Å²) in [5.74, 6) is 0.277. The standard InChI is InChI=1S/C30H34ClN3O5S/c1-21(30(36)32-19-23-5-14-27(39-2)15-6-23)34(20-24-3-10-25(31)11-4-24)29(35)18-9-22-7-16-28(17-8-22)40(37,38)33-26-12-13-26/h3-8,10-11,14-17,21,26,33H,9,12-13,18-20H2,1-2H3,(H,32,36)/t21-/m1/s1. The molecule has 0 radical (unpaired) electrons. The van der Waals surface area contributed by atoms with Gasteiger partial charge in [-0.25, -0.2) is 13.1 Å². The second kappa shape index (κ2) is 13.3. The van der Waals surface area contributed by atoms with E-state index in [1.54, 1.807) is 55.3 Å². The number of carbonyl (C=O) groups excluding carboxylic acids is 2. The molecule has 1 fully saturated rings. The van der Waals surface area contributed by atoms with Crippen molar-refractivity contribution < 1.29 is 22.7 Å². The summed E-state index contributed by atoms with van der Waals surface area (Å²) in [5, 5.41) is 3.51. The molecule has 0 aliphatic heterocycles. The number of hydrogen-bond acceptors (Lipinski definition) is 5. The van der Waals surface area contributed by atoms with E-state index in [9.17, 15) is 18.0 Å². The summed E-state index contributed by atoms with van der Waals surface area (Å²) in [7, 11) is -1.94. The molecule has 3 aromatic carbocycles. The van der Waals surface area contributed by atoms with Crippen LogP contribution in [0.4, 0.5) is 0 Å². The third-order valence-electron chi connectivity index (χ3n) is 6.82. The van der Waals surface area contributed by atoms with Gasteiger partial charge in [0.1, 0.15) is 11.8 Å². The van der Waals surface area contributed by atoms with E-state index in [1.807, 2.05) is 36.4 Å². The lowest BCUT2D eigenvalue weighted by atomic mass is 10.1. The van der Waals surface area contributed by atoms with Crippen LogP contribution in [0.1, 0.15) is 42.9 Å². The molecule has 0 aromatic heterocycles. The van der Waals surface area contributed by atoms with Gasteiger partial charge in [-0.15, -0.1) is 0 Å². The van der Waals surface area contributed by atoms with E-state index in [1.165, 1.54) is 0 Å². The Hall–Kier alpha value is -3.40. The normalized spacial score (nSPS) is 13.9. The van der Waals surface area contributed by atoms with Crippen molar-refractivity contribution in [2.24, 2.45) is 0 Å². The number of ether oxygens (including phenoxy) is 1. The van der Waals surface area contributed by atoms with Crippen molar-refractivity contribution in [3.05, 3.63) is 94.5 Å². The molecule has 1 atom stereocenters. The maximum atomic E-state index is 13.4. The first-order chi connectivity index (χ1) is 19.1. The van der Waals surface area contributed by atoms with Crippen LogP contribution >= 0.6 is 11.6 Å². The van der Waals surface area contributed by atoms with Gasteiger partial charge in [-0.2, -0.15) is 0 Å². The quantitative estimate of drug-likeness (QED) is 0.309. The van der Waals surface area contributed by atoms with Crippen molar-refractivity contribution in [2.75, 3.05) is 7.11 Å². The fourth-order valence-corrected chi connectivity index (χ4v) is 5.60. The minimum absolute atomic E-state index is 0.0318. The van der Waals surface area contributed by atoms with Gasteiger partial charge in [-0.1, -0.05) is 48.0 Å². The van der Waals surface area contributed by atoms with Crippen LogP contribution in [0.5, 0.6) is 5.75 Å². The predicted octanol–water partition coefficient (Wildman–Crippen LogP) is 4.46. The molecule has 1 aliphatic carbocycles. The summed E-state index contributed by atoms with van der Waals surface area (Å²) >= 11 is 6.03. The number of methoxy groups -OCH3 is 1. The maximum Gasteiger partial charge on any atom is 0.242 e. The summed E-state index contributed by atoms with van der Waals surface area (Å²) in [6.45, 7) is 2.28. The largest absolute Gasteiger partial charge is 0.497 e. The third kappa shape index (κ3) is 8.30. The monoisotopic (exact) mass is 583 g/mol. The van der Waals surface area contributed by atoms with Crippen LogP contribution in [0, 0.1) is 0 Å². The number of nitrogens with zero attached hydrogens (tertiary/aromatic N) is 1. The Labute approximate surface area is 240 Å². The first-order valence-corrected chi connectivity index (χ1v) is 15.1. The highest BCUT2D eigenvalue weighted by molar-refractivity contribution is 7.89. The zero-order chi connectivity index (χ0) is 28.7. The van der Waals surface area contributed by atoms with E-state index in [4.69, 9.17) is 16.3 Å². The number of nitrogens with one attached hydrogen (secondary N) is 2. The molecule has 2 N–H and O–H groups in total. The van der Waals surface area contributed by atoms with Gasteiger partial charge < -0.3 is 15.0 Å². The Balaban J connectivity index is 1.40. The summed E-state index contributed by atoms with van der Waals surface area (Å²) < 4.78 is 32.7. The van der Waals surface area contributed by atoms with Gasteiger partial charge >= 0.3 is 0 Å². The van der Waals surface area contributed by atoms with Crippen molar-refractivity contribution in [3.63, 3.8) is 0 Å². The van der Waals surface area contributed by atoms with Crippen LogP contribution in [0.2, 0.25) is 5.02 Å². The topological polar surface area (TPSA) is 105 Å². The third-order valence-corrected chi connectivity index (χ3v) is 8.61. The summed E-state index contributed by atoms with van der Waals surface area (Å²) in [4.78, 5) is 28.3. The average molecular weight is 584 g/mol. The molecule has 1 saturated carbocycles. The molecule has 40 heavy (non-hydrogen) atoms. The number of rotatable bonds is 13. The molecule has 0 spiro atoms. The van der Waals surface area contributed by atoms with Crippen LogP contribution in [-0.4, -0.2) is 44.3 Å². The smallest absolute Gasteiger partial charge is 0.242 e.